The molecule has 0 unspecified atom stereocenters. The van der Waals surface area contributed by atoms with Crippen molar-refractivity contribution < 1.29 is 9.59 Å². The second-order valence-electron chi connectivity index (χ2n) is 5.52. The molecule has 0 aliphatic rings. The summed E-state index contributed by atoms with van der Waals surface area (Å²) >= 11 is 6.95. The summed E-state index contributed by atoms with van der Waals surface area (Å²) in [5.74, 6) is 0.00807. The first-order valence-electron chi connectivity index (χ1n) is 8.03. The molecule has 0 atom stereocenters. The summed E-state index contributed by atoms with van der Waals surface area (Å²) in [5, 5.41) is 7.95. The fourth-order valence-corrected chi connectivity index (χ4v) is 2.92. The predicted molar refractivity (Wildman–Crippen MR) is 103 cm³/mol. The quantitative estimate of drug-likeness (QED) is 0.435. The van der Waals surface area contributed by atoms with Crippen molar-refractivity contribution in [1.29, 1.82) is 0 Å². The molecule has 0 radical (unpaired) electrons. The molecule has 3 rings (SSSR count). The van der Waals surface area contributed by atoms with Gasteiger partial charge in [0.1, 0.15) is 5.82 Å². The second kappa shape index (κ2) is 9.20. The lowest BCUT2D eigenvalue weighted by Gasteiger charge is -2.06. The first-order chi connectivity index (χ1) is 13.1. The van der Waals surface area contributed by atoms with E-state index in [2.05, 4.69) is 26.0 Å². The number of hydrazine groups is 1. The number of aromatic nitrogens is 3. The highest BCUT2D eigenvalue weighted by atomic mass is 35.5. The lowest BCUT2D eigenvalue weighted by Crippen LogP contribution is -2.42. The lowest BCUT2D eigenvalue weighted by molar-refractivity contribution is -0.119. The van der Waals surface area contributed by atoms with Crippen LogP contribution in [0.3, 0.4) is 0 Å². The van der Waals surface area contributed by atoms with Crippen molar-refractivity contribution in [3.8, 4) is 0 Å². The van der Waals surface area contributed by atoms with Gasteiger partial charge >= 0.3 is 0 Å². The van der Waals surface area contributed by atoms with Crippen molar-refractivity contribution in [1.82, 2.24) is 26.0 Å². The van der Waals surface area contributed by atoms with Gasteiger partial charge in [-0.3, -0.25) is 25.5 Å². The van der Waals surface area contributed by atoms with Crippen molar-refractivity contribution in [2.75, 3.05) is 5.75 Å². The Hall–Kier alpha value is -2.84. The minimum Gasteiger partial charge on any atom is -0.272 e. The number of carbonyl (C=O) groups excluding carboxylic acids is 2. The molecule has 0 spiro atoms. The molecule has 138 valence electrons. The molecule has 27 heavy (non-hydrogen) atoms. The maximum absolute atomic E-state index is 11.9. The normalized spacial score (nSPS) is 10.4. The van der Waals surface area contributed by atoms with Gasteiger partial charge in [-0.1, -0.05) is 53.7 Å². The molecule has 9 heteroatoms. The van der Waals surface area contributed by atoms with Crippen molar-refractivity contribution in [3.05, 3.63) is 76.6 Å². The number of thioether (sulfide) groups is 1. The van der Waals surface area contributed by atoms with Gasteiger partial charge in [0.25, 0.3) is 5.91 Å². The van der Waals surface area contributed by atoms with Crippen LogP contribution in [0.15, 0.2) is 59.8 Å². The Kier molecular flexibility index (Phi) is 6.45. The van der Waals surface area contributed by atoms with Crippen LogP contribution in [0.5, 0.6) is 0 Å². The number of H-pyrrole nitrogens is 1. The summed E-state index contributed by atoms with van der Waals surface area (Å²) in [6, 6.07) is 16.2. The van der Waals surface area contributed by atoms with Gasteiger partial charge in [-0.25, -0.2) is 4.98 Å². The molecule has 1 aromatic heterocycles. The number of nitrogens with zero attached hydrogens (tertiary/aromatic N) is 2. The van der Waals surface area contributed by atoms with E-state index < -0.39 is 5.91 Å². The molecular weight excluding hydrogens is 386 g/mol. The van der Waals surface area contributed by atoms with E-state index in [0.717, 1.165) is 11.4 Å². The zero-order valence-corrected chi connectivity index (χ0v) is 15.7. The van der Waals surface area contributed by atoms with Gasteiger partial charge in [0.05, 0.1) is 5.75 Å². The molecule has 0 saturated heterocycles. The maximum atomic E-state index is 11.9. The first-order valence-corrected chi connectivity index (χ1v) is 9.39. The number of amides is 2. The lowest BCUT2D eigenvalue weighted by atomic mass is 10.1. The fraction of sp³-hybridized carbons (Fsp3) is 0.111. The highest BCUT2D eigenvalue weighted by molar-refractivity contribution is 7.99. The minimum absolute atomic E-state index is 0.0729. The third-order valence-corrected chi connectivity index (χ3v) is 4.58. The van der Waals surface area contributed by atoms with Crippen molar-refractivity contribution in [2.24, 2.45) is 0 Å². The summed E-state index contributed by atoms with van der Waals surface area (Å²) in [5.41, 5.74) is 6.22. The van der Waals surface area contributed by atoms with E-state index in [4.69, 9.17) is 11.6 Å². The highest BCUT2D eigenvalue weighted by Gasteiger charge is 2.10. The average Bonchev–Trinajstić information content (AvgIpc) is 3.13. The van der Waals surface area contributed by atoms with Crippen LogP contribution in [-0.2, 0) is 11.2 Å². The van der Waals surface area contributed by atoms with Gasteiger partial charge in [0.2, 0.25) is 11.1 Å². The standard InChI is InChI=1S/C18H16ClN5O2S/c19-14-8-6-13(7-9-14)17(26)23-22-16(25)11-27-18-20-15(21-24-18)10-12-4-2-1-3-5-12/h1-9H,10-11H2,(H,22,25)(H,23,26)(H,20,21,24). The largest absolute Gasteiger partial charge is 0.272 e. The van der Waals surface area contributed by atoms with Crippen LogP contribution in [0, 0.1) is 0 Å². The third kappa shape index (κ3) is 5.83. The number of hydrogen-bond acceptors (Lipinski definition) is 5. The van der Waals surface area contributed by atoms with Gasteiger partial charge in [0, 0.05) is 17.0 Å². The molecule has 7 nitrogen and oxygen atoms in total. The molecule has 0 fully saturated rings. The second-order valence-corrected chi connectivity index (χ2v) is 6.90. The molecule has 0 bridgehead atoms. The molecule has 3 N–H and O–H groups in total. The fourth-order valence-electron chi connectivity index (χ4n) is 2.18. The van der Waals surface area contributed by atoms with E-state index in [1.807, 2.05) is 30.3 Å². The van der Waals surface area contributed by atoms with Crippen molar-refractivity contribution >= 4 is 35.2 Å². The Balaban J connectivity index is 1.42. The number of carbonyl (C=O) groups is 2. The molecule has 0 aliphatic carbocycles. The zero-order chi connectivity index (χ0) is 19.1. The summed E-state index contributed by atoms with van der Waals surface area (Å²) in [6.45, 7) is 0. The van der Waals surface area contributed by atoms with Crippen LogP contribution in [-0.4, -0.2) is 32.7 Å². The van der Waals surface area contributed by atoms with Crippen LogP contribution in [0.2, 0.25) is 5.02 Å². The van der Waals surface area contributed by atoms with Gasteiger partial charge in [-0.15, -0.1) is 5.10 Å². The van der Waals surface area contributed by atoms with E-state index >= 15 is 0 Å². The van der Waals surface area contributed by atoms with E-state index in [1.54, 1.807) is 24.3 Å². The molecule has 2 aromatic carbocycles. The highest BCUT2D eigenvalue weighted by Crippen LogP contribution is 2.13. The van der Waals surface area contributed by atoms with Crippen LogP contribution in [0.25, 0.3) is 0 Å². The Morgan fingerprint density at radius 3 is 2.52 bits per heavy atom. The monoisotopic (exact) mass is 401 g/mol. The third-order valence-electron chi connectivity index (χ3n) is 3.48. The Bertz CT molecular complexity index is 915. The Morgan fingerprint density at radius 2 is 1.78 bits per heavy atom. The predicted octanol–water partition coefficient (Wildman–Crippen LogP) is 2.60. The number of nitrogens with one attached hydrogen (secondary N) is 3. The van der Waals surface area contributed by atoms with E-state index in [-0.39, 0.29) is 11.7 Å². The molecular formula is C18H16ClN5O2S. The molecule has 3 aromatic rings. The number of benzene rings is 2. The summed E-state index contributed by atoms with van der Waals surface area (Å²) in [7, 11) is 0. The van der Waals surface area contributed by atoms with Gasteiger partial charge in [-0.05, 0) is 29.8 Å². The average molecular weight is 402 g/mol. The summed E-state index contributed by atoms with van der Waals surface area (Å²) in [4.78, 5) is 28.1. The smallest absolute Gasteiger partial charge is 0.269 e. The number of aromatic amines is 1. The first kappa shape index (κ1) is 18.9. The Labute approximate surface area is 164 Å². The maximum Gasteiger partial charge on any atom is 0.269 e. The summed E-state index contributed by atoms with van der Waals surface area (Å²) in [6.07, 6.45) is 0.637. The SMILES string of the molecule is O=C(CSc1n[nH]c(Cc2ccccc2)n1)NNC(=O)c1ccc(Cl)cc1. The van der Waals surface area contributed by atoms with E-state index in [9.17, 15) is 9.59 Å². The number of rotatable bonds is 6. The van der Waals surface area contributed by atoms with Gasteiger partial charge in [0.15, 0.2) is 0 Å². The van der Waals surface area contributed by atoms with Crippen LogP contribution in [0.4, 0.5) is 0 Å². The van der Waals surface area contributed by atoms with Crippen LogP contribution in [0.1, 0.15) is 21.7 Å². The molecule has 0 aliphatic heterocycles. The number of hydrogen-bond donors (Lipinski definition) is 3. The van der Waals surface area contributed by atoms with Crippen molar-refractivity contribution in [3.63, 3.8) is 0 Å². The zero-order valence-electron chi connectivity index (χ0n) is 14.1. The molecule has 0 saturated carbocycles. The van der Waals surface area contributed by atoms with E-state index in [1.165, 1.54) is 11.8 Å². The molecule has 2 amide bonds. The van der Waals surface area contributed by atoms with Gasteiger partial charge in [-0.2, -0.15) is 0 Å². The molecule has 1 heterocycles. The van der Waals surface area contributed by atoms with Crippen LogP contribution >= 0.6 is 23.4 Å². The minimum atomic E-state index is -0.423. The van der Waals surface area contributed by atoms with Crippen LogP contribution < -0.4 is 10.9 Å². The topological polar surface area (TPSA) is 99.8 Å². The number of halogens is 1. The van der Waals surface area contributed by atoms with E-state index in [0.29, 0.717) is 22.2 Å². The summed E-state index contributed by atoms with van der Waals surface area (Å²) < 4.78 is 0. The Morgan fingerprint density at radius 1 is 1.04 bits per heavy atom. The van der Waals surface area contributed by atoms with Gasteiger partial charge < -0.3 is 0 Å². The van der Waals surface area contributed by atoms with Crippen molar-refractivity contribution in [2.45, 2.75) is 11.6 Å².